The molecule has 1 unspecified atom stereocenters. The molecule has 1 aliphatic heterocycles. The van der Waals surface area contributed by atoms with E-state index in [1.165, 1.54) is 18.2 Å². The molecule has 6 heteroatoms. The normalized spacial score (nSPS) is 16.2. The first-order valence-corrected chi connectivity index (χ1v) is 7.20. The van der Waals surface area contributed by atoms with Crippen molar-refractivity contribution in [2.24, 2.45) is 5.92 Å². The molecule has 22 heavy (non-hydrogen) atoms. The maximum atomic E-state index is 13.7. The fraction of sp³-hybridized carbons (Fsp3) is 0.250. The maximum Gasteiger partial charge on any atom is 0.162 e. The molecule has 0 aromatic heterocycles. The molecule has 1 saturated heterocycles. The van der Waals surface area contributed by atoms with Crippen molar-refractivity contribution in [2.75, 3.05) is 13.1 Å². The summed E-state index contributed by atoms with van der Waals surface area (Å²) < 4.78 is 45.7. The van der Waals surface area contributed by atoms with Gasteiger partial charge in [0.25, 0.3) is 0 Å². The van der Waals surface area contributed by atoms with E-state index < -0.39 is 23.6 Å². The third kappa shape index (κ3) is 3.05. The lowest BCUT2D eigenvalue weighted by atomic mass is 9.90. The minimum Gasteiger partial charge on any atom is -0.485 e. The van der Waals surface area contributed by atoms with E-state index in [1.807, 2.05) is 0 Å². The summed E-state index contributed by atoms with van der Waals surface area (Å²) in [5.74, 6) is -2.14. The van der Waals surface area contributed by atoms with E-state index >= 15 is 0 Å². The molecule has 1 heterocycles. The van der Waals surface area contributed by atoms with Crippen LogP contribution in [0.5, 0.6) is 5.75 Å². The second-order valence-electron chi connectivity index (χ2n) is 5.21. The number of ether oxygens (including phenoxy) is 1. The highest BCUT2D eigenvalue weighted by Crippen LogP contribution is 2.32. The Bertz CT molecular complexity index is 691. The fourth-order valence-corrected chi connectivity index (χ4v) is 2.47. The quantitative estimate of drug-likeness (QED) is 0.913. The summed E-state index contributed by atoms with van der Waals surface area (Å²) in [4.78, 5) is 0. The molecule has 2 aromatic carbocycles. The van der Waals surface area contributed by atoms with Gasteiger partial charge in [0.2, 0.25) is 0 Å². The van der Waals surface area contributed by atoms with Gasteiger partial charge in [-0.25, -0.2) is 13.2 Å². The Balaban J connectivity index is 1.89. The molecule has 0 amide bonds. The third-order valence-corrected chi connectivity index (χ3v) is 3.97. The molecule has 2 aromatic rings. The zero-order valence-electron chi connectivity index (χ0n) is 11.5. The maximum absolute atomic E-state index is 13.7. The highest BCUT2D eigenvalue weighted by molar-refractivity contribution is 6.30. The van der Waals surface area contributed by atoms with Gasteiger partial charge < -0.3 is 10.1 Å². The number of hydrogen-bond acceptors (Lipinski definition) is 2. The van der Waals surface area contributed by atoms with Crippen molar-refractivity contribution in [3.8, 4) is 5.75 Å². The molecule has 1 aliphatic rings. The molecule has 0 bridgehead atoms. The minimum atomic E-state index is -0.981. The summed E-state index contributed by atoms with van der Waals surface area (Å²) in [5, 5.41) is 3.14. The van der Waals surface area contributed by atoms with Gasteiger partial charge in [0.1, 0.15) is 17.7 Å². The number of hydrogen-bond donors (Lipinski definition) is 1. The SMILES string of the molecule is Fc1ccc(OC(c2ccc(Cl)c(F)c2)C2CNC2)cc1F. The van der Waals surface area contributed by atoms with Gasteiger partial charge in [0, 0.05) is 25.1 Å². The van der Waals surface area contributed by atoms with E-state index in [0.29, 0.717) is 18.7 Å². The van der Waals surface area contributed by atoms with Gasteiger partial charge in [-0.3, -0.25) is 0 Å². The molecular weight excluding hydrogens is 315 g/mol. The Morgan fingerprint density at radius 3 is 2.36 bits per heavy atom. The van der Waals surface area contributed by atoms with Crippen LogP contribution in [0.4, 0.5) is 13.2 Å². The molecule has 1 fully saturated rings. The highest BCUT2D eigenvalue weighted by atomic mass is 35.5. The predicted octanol–water partition coefficient (Wildman–Crippen LogP) is 4.10. The van der Waals surface area contributed by atoms with Gasteiger partial charge in [-0.05, 0) is 29.8 Å². The fourth-order valence-electron chi connectivity index (χ4n) is 2.35. The molecule has 0 radical (unpaired) electrons. The molecular formula is C16H13ClF3NO. The van der Waals surface area contributed by atoms with E-state index in [4.69, 9.17) is 16.3 Å². The van der Waals surface area contributed by atoms with Crippen molar-refractivity contribution >= 4 is 11.6 Å². The lowest BCUT2D eigenvalue weighted by molar-refractivity contribution is 0.0985. The summed E-state index contributed by atoms with van der Waals surface area (Å²) in [6.45, 7) is 1.41. The van der Waals surface area contributed by atoms with Crippen LogP contribution in [0.3, 0.4) is 0 Å². The van der Waals surface area contributed by atoms with Crippen LogP contribution >= 0.6 is 11.6 Å². The molecule has 2 nitrogen and oxygen atoms in total. The van der Waals surface area contributed by atoms with Gasteiger partial charge in [-0.1, -0.05) is 17.7 Å². The molecule has 1 atom stereocenters. The largest absolute Gasteiger partial charge is 0.485 e. The minimum absolute atomic E-state index is 0.0297. The van der Waals surface area contributed by atoms with Crippen molar-refractivity contribution in [1.29, 1.82) is 0 Å². The lowest BCUT2D eigenvalue weighted by Gasteiger charge is -2.35. The second kappa shape index (κ2) is 6.18. The van der Waals surface area contributed by atoms with Crippen LogP contribution in [0, 0.1) is 23.4 Å². The van der Waals surface area contributed by atoms with E-state index in [0.717, 1.165) is 12.1 Å². The van der Waals surface area contributed by atoms with E-state index in [2.05, 4.69) is 5.32 Å². The van der Waals surface area contributed by atoms with Crippen LogP contribution in [-0.2, 0) is 0 Å². The Morgan fingerprint density at radius 2 is 1.77 bits per heavy atom. The average molecular weight is 328 g/mol. The first-order chi connectivity index (χ1) is 10.5. The van der Waals surface area contributed by atoms with Crippen LogP contribution in [0.25, 0.3) is 0 Å². The number of nitrogens with one attached hydrogen (secondary N) is 1. The molecule has 0 spiro atoms. The smallest absolute Gasteiger partial charge is 0.162 e. The lowest BCUT2D eigenvalue weighted by Crippen LogP contribution is -2.46. The average Bonchev–Trinajstić information content (AvgIpc) is 2.43. The van der Waals surface area contributed by atoms with Crippen molar-refractivity contribution in [1.82, 2.24) is 5.32 Å². The summed E-state index contributed by atoms with van der Waals surface area (Å²) in [7, 11) is 0. The van der Waals surface area contributed by atoms with Gasteiger partial charge in [-0.2, -0.15) is 0 Å². The second-order valence-corrected chi connectivity index (χ2v) is 5.61. The number of halogens is 4. The molecule has 0 aliphatic carbocycles. The third-order valence-electron chi connectivity index (χ3n) is 3.67. The number of benzene rings is 2. The van der Waals surface area contributed by atoms with Gasteiger partial charge in [-0.15, -0.1) is 0 Å². The van der Waals surface area contributed by atoms with Crippen LogP contribution in [-0.4, -0.2) is 13.1 Å². The van der Waals surface area contributed by atoms with E-state index in [-0.39, 0.29) is 16.7 Å². The van der Waals surface area contributed by atoms with E-state index in [9.17, 15) is 13.2 Å². The van der Waals surface area contributed by atoms with Crippen molar-refractivity contribution in [3.05, 3.63) is 64.4 Å². The summed E-state index contributed by atoms with van der Waals surface area (Å²) in [5.41, 5.74) is 0.609. The first-order valence-electron chi connectivity index (χ1n) is 6.82. The molecule has 0 saturated carbocycles. The van der Waals surface area contributed by atoms with Crippen LogP contribution in [0.1, 0.15) is 11.7 Å². The Kier molecular flexibility index (Phi) is 4.27. The molecule has 3 rings (SSSR count). The van der Waals surface area contributed by atoms with Crippen LogP contribution in [0.15, 0.2) is 36.4 Å². The predicted molar refractivity (Wildman–Crippen MR) is 77.5 cm³/mol. The highest BCUT2D eigenvalue weighted by Gasteiger charge is 2.30. The van der Waals surface area contributed by atoms with Crippen molar-refractivity contribution < 1.29 is 17.9 Å². The van der Waals surface area contributed by atoms with Crippen molar-refractivity contribution in [2.45, 2.75) is 6.10 Å². The summed E-state index contributed by atoms with van der Waals surface area (Å²) in [6, 6.07) is 7.78. The Morgan fingerprint density at radius 1 is 1.00 bits per heavy atom. The zero-order valence-corrected chi connectivity index (χ0v) is 12.2. The summed E-state index contributed by atoms with van der Waals surface area (Å²) in [6.07, 6.45) is -0.460. The number of rotatable bonds is 4. The van der Waals surface area contributed by atoms with E-state index in [1.54, 1.807) is 6.07 Å². The Labute approximate surface area is 130 Å². The first kappa shape index (κ1) is 15.2. The monoisotopic (exact) mass is 327 g/mol. The van der Waals surface area contributed by atoms with Crippen LogP contribution in [0.2, 0.25) is 5.02 Å². The van der Waals surface area contributed by atoms with Gasteiger partial charge in [0.05, 0.1) is 5.02 Å². The molecule has 116 valence electrons. The Hall–Kier alpha value is -1.72. The standard InChI is InChI=1S/C16H13ClF3NO/c17-12-3-1-9(5-14(12)19)16(10-7-21-8-10)22-11-2-4-13(18)15(20)6-11/h1-6,10,16,21H,7-8H2. The van der Waals surface area contributed by atoms with Gasteiger partial charge in [0.15, 0.2) is 11.6 Å². The molecule has 1 N–H and O–H groups in total. The van der Waals surface area contributed by atoms with Gasteiger partial charge >= 0.3 is 0 Å². The zero-order chi connectivity index (χ0) is 15.7. The summed E-state index contributed by atoms with van der Waals surface area (Å²) >= 11 is 5.69. The van der Waals surface area contributed by atoms with Crippen LogP contribution < -0.4 is 10.1 Å². The van der Waals surface area contributed by atoms with Crippen molar-refractivity contribution in [3.63, 3.8) is 0 Å². The topological polar surface area (TPSA) is 21.3 Å².